The number of hydrogen-bond donors (Lipinski definition) is 3. The van der Waals surface area contributed by atoms with E-state index in [4.69, 9.17) is 11.5 Å². The molecule has 2 amide bonds. The van der Waals surface area contributed by atoms with E-state index < -0.39 is 11.9 Å². The van der Waals surface area contributed by atoms with Gasteiger partial charge in [0.05, 0.1) is 0 Å². The van der Waals surface area contributed by atoms with Crippen molar-refractivity contribution in [2.24, 2.45) is 23.3 Å². The average molecular weight is 257 g/mol. The van der Waals surface area contributed by atoms with Gasteiger partial charge in [0.25, 0.3) is 0 Å². The zero-order valence-corrected chi connectivity index (χ0v) is 11.9. The predicted octanol–water partition coefficient (Wildman–Crippen LogP) is 0.766. The summed E-state index contributed by atoms with van der Waals surface area (Å²) in [5.41, 5.74) is 10.9. The third-order valence-corrected chi connectivity index (χ3v) is 3.02. The van der Waals surface area contributed by atoms with Crippen molar-refractivity contribution in [1.29, 1.82) is 0 Å². The van der Waals surface area contributed by atoms with Crippen LogP contribution in [0.2, 0.25) is 0 Å². The summed E-state index contributed by atoms with van der Waals surface area (Å²) < 4.78 is 0. The highest BCUT2D eigenvalue weighted by atomic mass is 16.2. The average Bonchev–Trinajstić information content (AvgIpc) is 2.23. The molecule has 0 bridgehead atoms. The number of nitrogens with one attached hydrogen (secondary N) is 1. The summed E-state index contributed by atoms with van der Waals surface area (Å²) in [6.45, 7) is 7.52. The van der Waals surface area contributed by atoms with E-state index in [1.807, 2.05) is 27.7 Å². The van der Waals surface area contributed by atoms with E-state index in [1.165, 1.54) is 0 Å². The van der Waals surface area contributed by atoms with Crippen LogP contribution in [0.25, 0.3) is 0 Å². The second kappa shape index (κ2) is 8.08. The van der Waals surface area contributed by atoms with Gasteiger partial charge >= 0.3 is 0 Å². The van der Waals surface area contributed by atoms with Gasteiger partial charge in [0.15, 0.2) is 0 Å². The van der Waals surface area contributed by atoms with Crippen molar-refractivity contribution < 1.29 is 9.59 Å². The minimum Gasteiger partial charge on any atom is -0.368 e. The summed E-state index contributed by atoms with van der Waals surface area (Å²) in [4.78, 5) is 23.1. The zero-order chi connectivity index (χ0) is 14.3. The molecule has 106 valence electrons. The Morgan fingerprint density at radius 3 is 2.06 bits per heavy atom. The maximum Gasteiger partial charge on any atom is 0.240 e. The number of carbonyl (C=O) groups is 2. The molecule has 0 aromatic heterocycles. The number of rotatable bonds is 8. The van der Waals surface area contributed by atoms with Crippen molar-refractivity contribution in [1.82, 2.24) is 5.32 Å². The highest BCUT2D eigenvalue weighted by Crippen LogP contribution is 2.10. The number of primary amides is 1. The van der Waals surface area contributed by atoms with Crippen LogP contribution in [0.5, 0.6) is 0 Å². The third-order valence-electron chi connectivity index (χ3n) is 3.02. The molecule has 3 unspecified atom stereocenters. The molecular formula is C13H27N3O2. The van der Waals surface area contributed by atoms with Crippen LogP contribution in [0.15, 0.2) is 0 Å². The van der Waals surface area contributed by atoms with Crippen LogP contribution in [0.3, 0.4) is 0 Å². The van der Waals surface area contributed by atoms with Crippen molar-refractivity contribution in [3.63, 3.8) is 0 Å². The smallest absolute Gasteiger partial charge is 0.240 e. The highest BCUT2D eigenvalue weighted by Gasteiger charge is 2.23. The van der Waals surface area contributed by atoms with Crippen molar-refractivity contribution in [3.8, 4) is 0 Å². The van der Waals surface area contributed by atoms with E-state index in [0.717, 1.165) is 19.3 Å². The van der Waals surface area contributed by atoms with Crippen molar-refractivity contribution in [2.45, 2.75) is 59.0 Å². The van der Waals surface area contributed by atoms with Gasteiger partial charge in [0.1, 0.15) is 6.04 Å². The standard InChI is InChI=1S/C13H27N3O2/c1-8(2)11(12(15)17)16-13(18)9(3)6-5-7-10(4)14/h8-11H,5-7,14H2,1-4H3,(H2,15,17)(H,16,18). The van der Waals surface area contributed by atoms with Crippen molar-refractivity contribution in [2.75, 3.05) is 0 Å². The van der Waals surface area contributed by atoms with Crippen molar-refractivity contribution >= 4 is 11.8 Å². The molecule has 0 fully saturated rings. The Labute approximate surface area is 110 Å². The first kappa shape index (κ1) is 16.9. The number of carbonyl (C=O) groups excluding carboxylic acids is 2. The summed E-state index contributed by atoms with van der Waals surface area (Å²) in [7, 11) is 0. The first-order chi connectivity index (χ1) is 8.25. The quantitative estimate of drug-likeness (QED) is 0.599. The van der Waals surface area contributed by atoms with E-state index in [0.29, 0.717) is 0 Å². The van der Waals surface area contributed by atoms with Gasteiger partial charge < -0.3 is 16.8 Å². The molecule has 0 spiro atoms. The fourth-order valence-electron chi connectivity index (χ4n) is 1.74. The van der Waals surface area contributed by atoms with Crippen LogP contribution < -0.4 is 16.8 Å². The summed E-state index contributed by atoms with van der Waals surface area (Å²) >= 11 is 0. The van der Waals surface area contributed by atoms with Gasteiger partial charge in [0, 0.05) is 12.0 Å². The molecule has 0 aromatic carbocycles. The lowest BCUT2D eigenvalue weighted by Crippen LogP contribution is -2.49. The number of nitrogens with two attached hydrogens (primary N) is 2. The number of hydrogen-bond acceptors (Lipinski definition) is 3. The van der Waals surface area contributed by atoms with Gasteiger partial charge in [-0.25, -0.2) is 0 Å². The molecule has 5 nitrogen and oxygen atoms in total. The Morgan fingerprint density at radius 1 is 1.11 bits per heavy atom. The van der Waals surface area contributed by atoms with Crippen LogP contribution in [0.4, 0.5) is 0 Å². The van der Waals surface area contributed by atoms with Crippen molar-refractivity contribution in [3.05, 3.63) is 0 Å². The molecule has 0 rings (SSSR count). The van der Waals surface area contributed by atoms with E-state index in [1.54, 1.807) is 0 Å². The van der Waals surface area contributed by atoms with Gasteiger partial charge in [-0.3, -0.25) is 9.59 Å². The predicted molar refractivity (Wildman–Crippen MR) is 72.6 cm³/mol. The van der Waals surface area contributed by atoms with Gasteiger partial charge in [-0.15, -0.1) is 0 Å². The summed E-state index contributed by atoms with van der Waals surface area (Å²) in [5, 5.41) is 2.71. The van der Waals surface area contributed by atoms with E-state index >= 15 is 0 Å². The minimum absolute atomic E-state index is 0.00251. The van der Waals surface area contributed by atoms with E-state index in [9.17, 15) is 9.59 Å². The first-order valence-corrected chi connectivity index (χ1v) is 6.61. The largest absolute Gasteiger partial charge is 0.368 e. The molecule has 3 atom stereocenters. The molecule has 0 aliphatic heterocycles. The summed E-state index contributed by atoms with van der Waals surface area (Å²) in [6, 6.07) is -0.428. The van der Waals surface area contributed by atoms with Gasteiger partial charge in [0.2, 0.25) is 11.8 Å². The topological polar surface area (TPSA) is 98.2 Å². The molecule has 0 aliphatic rings. The van der Waals surface area contributed by atoms with Gasteiger partial charge in [-0.2, -0.15) is 0 Å². The lowest BCUT2D eigenvalue weighted by Gasteiger charge is -2.21. The Kier molecular flexibility index (Phi) is 7.59. The maximum atomic E-state index is 11.9. The van der Waals surface area contributed by atoms with E-state index in [-0.39, 0.29) is 23.8 Å². The van der Waals surface area contributed by atoms with Gasteiger partial charge in [-0.1, -0.05) is 27.2 Å². The normalized spacial score (nSPS) is 16.1. The summed E-state index contributed by atoms with van der Waals surface area (Å²) in [5.74, 6) is -0.717. The Bertz CT molecular complexity index is 277. The first-order valence-electron chi connectivity index (χ1n) is 6.61. The van der Waals surface area contributed by atoms with E-state index in [2.05, 4.69) is 5.32 Å². The van der Waals surface area contributed by atoms with Gasteiger partial charge in [-0.05, 0) is 25.7 Å². The van der Waals surface area contributed by atoms with Crippen LogP contribution in [-0.2, 0) is 9.59 Å². The Balaban J connectivity index is 4.17. The minimum atomic E-state index is -0.589. The highest BCUT2D eigenvalue weighted by molar-refractivity contribution is 5.87. The summed E-state index contributed by atoms with van der Waals surface area (Å²) in [6.07, 6.45) is 2.59. The molecule has 0 heterocycles. The number of amides is 2. The SMILES string of the molecule is CC(N)CCCC(C)C(=O)NC(C(N)=O)C(C)C. The monoisotopic (exact) mass is 257 g/mol. The van der Waals surface area contributed by atoms with Crippen LogP contribution >= 0.6 is 0 Å². The lowest BCUT2D eigenvalue weighted by molar-refractivity contribution is -0.130. The fraction of sp³-hybridized carbons (Fsp3) is 0.846. The molecule has 5 heteroatoms. The molecule has 0 saturated carbocycles. The fourth-order valence-corrected chi connectivity index (χ4v) is 1.74. The second-order valence-corrected chi connectivity index (χ2v) is 5.44. The molecule has 0 aromatic rings. The van der Waals surface area contributed by atoms with Crippen LogP contribution in [0.1, 0.15) is 47.0 Å². The molecule has 0 aliphatic carbocycles. The molecule has 18 heavy (non-hydrogen) atoms. The molecule has 0 saturated heterocycles. The third kappa shape index (κ3) is 6.59. The second-order valence-electron chi connectivity index (χ2n) is 5.44. The maximum absolute atomic E-state index is 11.9. The Morgan fingerprint density at radius 2 is 1.67 bits per heavy atom. The van der Waals surface area contributed by atoms with Crippen LogP contribution in [0, 0.1) is 11.8 Å². The lowest BCUT2D eigenvalue weighted by atomic mass is 9.99. The molecule has 5 N–H and O–H groups in total. The van der Waals surface area contributed by atoms with Crippen LogP contribution in [-0.4, -0.2) is 23.9 Å². The molecule has 0 radical (unpaired) electrons. The Hall–Kier alpha value is -1.10. The zero-order valence-electron chi connectivity index (χ0n) is 11.9. The molecular weight excluding hydrogens is 230 g/mol.